The first-order chi connectivity index (χ1) is 17.9. The van der Waals surface area contributed by atoms with Crippen LogP contribution in [0.1, 0.15) is 23.6 Å². The molecule has 3 aromatic carbocycles. The second kappa shape index (κ2) is 11.4. The van der Waals surface area contributed by atoms with E-state index in [1.807, 2.05) is 66.5 Å². The fraction of sp³-hybridized carbons (Fsp3) is 0.207. The van der Waals surface area contributed by atoms with Crippen molar-refractivity contribution in [3.05, 3.63) is 102 Å². The van der Waals surface area contributed by atoms with E-state index in [1.54, 1.807) is 45.5 Å². The number of anilines is 1. The largest absolute Gasteiger partial charge is 0.497 e. The van der Waals surface area contributed by atoms with Gasteiger partial charge in [-0.2, -0.15) is 0 Å². The first-order valence-corrected chi connectivity index (χ1v) is 11.9. The Labute approximate surface area is 216 Å². The number of hydrogen-bond acceptors (Lipinski definition) is 6. The molecule has 0 aliphatic carbocycles. The van der Waals surface area contributed by atoms with Crippen molar-refractivity contribution in [1.82, 2.24) is 10.6 Å². The molecule has 0 saturated carbocycles. The predicted molar refractivity (Wildman–Crippen MR) is 144 cm³/mol. The Morgan fingerprint density at radius 2 is 1.70 bits per heavy atom. The molecule has 8 nitrogen and oxygen atoms in total. The number of hydrogen-bond donors (Lipinski definition) is 2. The number of nitrogens with zero attached hydrogens (tertiary/aromatic N) is 2. The molecular weight excluding hydrogens is 468 g/mol. The van der Waals surface area contributed by atoms with Crippen LogP contribution in [0.2, 0.25) is 0 Å². The van der Waals surface area contributed by atoms with Crippen LogP contribution in [0.4, 0.5) is 5.69 Å². The number of ether oxygens (including phenoxy) is 2. The molecule has 3 aromatic rings. The molecule has 1 atom stereocenters. The third kappa shape index (κ3) is 5.98. The van der Waals surface area contributed by atoms with Gasteiger partial charge in [-0.25, -0.2) is 4.99 Å². The molecule has 0 saturated heterocycles. The van der Waals surface area contributed by atoms with Crippen molar-refractivity contribution >= 4 is 23.2 Å². The number of aliphatic imine (C=N–C) groups is 1. The van der Waals surface area contributed by atoms with E-state index in [0.29, 0.717) is 22.9 Å². The number of fused-ring (bicyclic) bond motifs is 1. The zero-order valence-corrected chi connectivity index (χ0v) is 21.3. The molecule has 0 fully saturated rings. The number of amides is 2. The molecular formula is C29H30N4O4. The van der Waals surface area contributed by atoms with E-state index in [2.05, 4.69) is 10.6 Å². The van der Waals surface area contributed by atoms with Gasteiger partial charge in [-0.15, -0.1) is 0 Å². The Kier molecular flexibility index (Phi) is 7.88. The smallest absolute Gasteiger partial charge is 0.247 e. The zero-order valence-electron chi connectivity index (χ0n) is 21.3. The SMILES string of the molecule is COc1ccc(OC)c(CC(=O)N[C@@H](C)C(=O)NC2=CN(C)c3ccccc3C(c3ccccc3)=N2)c1. The predicted octanol–water partition coefficient (Wildman–Crippen LogP) is 3.65. The summed E-state index contributed by atoms with van der Waals surface area (Å²) in [6.45, 7) is 1.63. The van der Waals surface area contributed by atoms with Crippen molar-refractivity contribution in [2.75, 3.05) is 26.2 Å². The Morgan fingerprint density at radius 1 is 0.973 bits per heavy atom. The standard InChI is InChI=1S/C29H30N4O4/c1-19(30-27(34)17-21-16-22(36-3)14-15-25(21)37-4)29(35)32-26-18-33(2)24-13-9-8-12-23(24)28(31-26)20-10-6-5-7-11-20/h5-16,18-19H,17H2,1-4H3,(H,30,34)(H,32,35)/t19-/m0/s1. The average molecular weight is 499 g/mol. The molecule has 4 rings (SSSR count). The molecule has 2 N–H and O–H groups in total. The van der Waals surface area contributed by atoms with E-state index in [-0.39, 0.29) is 18.2 Å². The van der Waals surface area contributed by atoms with Crippen molar-refractivity contribution in [1.29, 1.82) is 0 Å². The van der Waals surface area contributed by atoms with E-state index >= 15 is 0 Å². The van der Waals surface area contributed by atoms with Gasteiger partial charge in [-0.1, -0.05) is 48.5 Å². The van der Waals surface area contributed by atoms with Crippen molar-refractivity contribution in [2.24, 2.45) is 4.99 Å². The summed E-state index contributed by atoms with van der Waals surface area (Å²) in [5.41, 5.74) is 4.25. The first-order valence-electron chi connectivity index (χ1n) is 11.9. The van der Waals surface area contributed by atoms with Crippen LogP contribution in [-0.4, -0.2) is 44.8 Å². The first kappa shape index (κ1) is 25.5. The third-order valence-corrected chi connectivity index (χ3v) is 6.00. The normalized spacial score (nSPS) is 13.4. The van der Waals surface area contributed by atoms with E-state index < -0.39 is 6.04 Å². The maximum atomic E-state index is 13.1. The molecule has 8 heteroatoms. The van der Waals surface area contributed by atoms with Gasteiger partial charge in [0.1, 0.15) is 23.4 Å². The fourth-order valence-electron chi connectivity index (χ4n) is 4.11. The van der Waals surface area contributed by atoms with Crippen LogP contribution in [0.25, 0.3) is 0 Å². The van der Waals surface area contributed by atoms with Gasteiger partial charge in [-0.05, 0) is 31.2 Å². The minimum Gasteiger partial charge on any atom is -0.497 e. The number of carbonyl (C=O) groups is 2. The summed E-state index contributed by atoms with van der Waals surface area (Å²) in [4.78, 5) is 32.5. The lowest BCUT2D eigenvalue weighted by Crippen LogP contribution is -2.45. The quantitative estimate of drug-likeness (QED) is 0.495. The van der Waals surface area contributed by atoms with Crippen molar-refractivity contribution in [2.45, 2.75) is 19.4 Å². The number of benzene rings is 3. The molecule has 0 radical (unpaired) electrons. The van der Waals surface area contributed by atoms with Gasteiger partial charge in [0.2, 0.25) is 11.8 Å². The van der Waals surface area contributed by atoms with Crippen LogP contribution in [0.5, 0.6) is 11.5 Å². The van der Waals surface area contributed by atoms with Gasteiger partial charge in [0.05, 0.1) is 26.4 Å². The molecule has 190 valence electrons. The lowest BCUT2D eigenvalue weighted by Gasteiger charge is -2.17. The third-order valence-electron chi connectivity index (χ3n) is 6.00. The Morgan fingerprint density at radius 3 is 2.43 bits per heavy atom. The summed E-state index contributed by atoms with van der Waals surface area (Å²) >= 11 is 0. The molecule has 1 heterocycles. The summed E-state index contributed by atoms with van der Waals surface area (Å²) in [7, 11) is 5.00. The van der Waals surface area contributed by atoms with Crippen molar-refractivity contribution in [3.8, 4) is 11.5 Å². The summed E-state index contributed by atoms with van der Waals surface area (Å²) in [5, 5.41) is 5.62. The van der Waals surface area contributed by atoms with Crippen molar-refractivity contribution in [3.63, 3.8) is 0 Å². The van der Waals surface area contributed by atoms with E-state index in [9.17, 15) is 9.59 Å². The topological polar surface area (TPSA) is 92.3 Å². The molecule has 0 bridgehead atoms. The lowest BCUT2D eigenvalue weighted by molar-refractivity contribution is -0.127. The van der Waals surface area contributed by atoms with Gasteiger partial charge in [-0.3, -0.25) is 9.59 Å². The number of methoxy groups -OCH3 is 2. The van der Waals surface area contributed by atoms with Crippen LogP contribution < -0.4 is 25.0 Å². The highest BCUT2D eigenvalue weighted by Crippen LogP contribution is 2.27. The summed E-state index contributed by atoms with van der Waals surface area (Å²) in [6.07, 6.45) is 1.80. The van der Waals surface area contributed by atoms with Crippen LogP contribution in [0.3, 0.4) is 0 Å². The van der Waals surface area contributed by atoms with Crippen molar-refractivity contribution < 1.29 is 19.1 Å². The monoisotopic (exact) mass is 498 g/mol. The second-order valence-electron chi connectivity index (χ2n) is 8.60. The highest BCUT2D eigenvalue weighted by Gasteiger charge is 2.22. The lowest BCUT2D eigenvalue weighted by atomic mass is 10.0. The van der Waals surface area contributed by atoms with Gasteiger partial charge < -0.3 is 25.0 Å². The van der Waals surface area contributed by atoms with Crippen LogP contribution in [0.15, 0.2) is 89.8 Å². The fourth-order valence-corrected chi connectivity index (χ4v) is 4.11. The second-order valence-corrected chi connectivity index (χ2v) is 8.60. The Balaban J connectivity index is 1.50. The maximum Gasteiger partial charge on any atom is 0.247 e. The summed E-state index contributed by atoms with van der Waals surface area (Å²) < 4.78 is 10.6. The minimum absolute atomic E-state index is 0.0368. The van der Waals surface area contributed by atoms with Gasteiger partial charge in [0.25, 0.3) is 0 Å². The maximum absolute atomic E-state index is 13.1. The number of rotatable bonds is 8. The highest BCUT2D eigenvalue weighted by molar-refractivity contribution is 6.17. The van der Waals surface area contributed by atoms with Crippen LogP contribution in [0, 0.1) is 0 Å². The van der Waals surface area contributed by atoms with E-state index in [1.165, 1.54) is 0 Å². The molecule has 0 unspecified atom stereocenters. The molecule has 0 spiro atoms. The molecule has 37 heavy (non-hydrogen) atoms. The molecule has 0 aromatic heterocycles. The summed E-state index contributed by atoms with van der Waals surface area (Å²) in [6, 6.07) is 22.2. The molecule has 1 aliphatic rings. The molecule has 2 amide bonds. The number of para-hydroxylation sites is 1. The van der Waals surface area contributed by atoms with Crippen LogP contribution in [-0.2, 0) is 16.0 Å². The van der Waals surface area contributed by atoms with Gasteiger partial charge in [0, 0.05) is 35.6 Å². The number of carbonyl (C=O) groups excluding carboxylic acids is 2. The minimum atomic E-state index is -0.795. The summed E-state index contributed by atoms with van der Waals surface area (Å²) in [5.74, 6) is 0.863. The Hall–Kier alpha value is -4.59. The zero-order chi connectivity index (χ0) is 26.4. The highest BCUT2D eigenvalue weighted by atomic mass is 16.5. The van der Waals surface area contributed by atoms with Gasteiger partial charge in [0.15, 0.2) is 0 Å². The van der Waals surface area contributed by atoms with E-state index in [0.717, 1.165) is 22.5 Å². The molecule has 1 aliphatic heterocycles. The van der Waals surface area contributed by atoms with Gasteiger partial charge >= 0.3 is 0 Å². The van der Waals surface area contributed by atoms with E-state index in [4.69, 9.17) is 14.5 Å². The Bertz CT molecular complexity index is 1350. The van der Waals surface area contributed by atoms with Crippen LogP contribution >= 0.6 is 0 Å². The average Bonchev–Trinajstić information content (AvgIpc) is 3.05. The number of nitrogens with one attached hydrogen (secondary N) is 2.